The number of Topliss-reactive ketones (excluding diaryl/α,β-unsaturated/α-hetero) is 1. The molecule has 2 unspecified atom stereocenters. The third-order valence-electron chi connectivity index (χ3n) is 5.89. The van der Waals surface area contributed by atoms with E-state index < -0.39 is 42.2 Å². The van der Waals surface area contributed by atoms with Gasteiger partial charge in [-0.1, -0.05) is 43.3 Å². The first-order chi connectivity index (χ1) is 18.7. The van der Waals surface area contributed by atoms with Crippen molar-refractivity contribution in [2.45, 2.75) is 66.4 Å². The predicted molar refractivity (Wildman–Crippen MR) is 147 cm³/mol. The van der Waals surface area contributed by atoms with Gasteiger partial charge >= 0.3 is 12.1 Å². The van der Waals surface area contributed by atoms with Crippen LogP contribution in [0, 0.1) is 12.8 Å². The Labute approximate surface area is 232 Å². The lowest BCUT2D eigenvalue weighted by molar-refractivity contribution is -0.140. The summed E-state index contributed by atoms with van der Waals surface area (Å²) in [5.41, 5.74) is 9.59. The first-order valence-electron chi connectivity index (χ1n) is 12.6. The van der Waals surface area contributed by atoms with Crippen LogP contribution >= 0.6 is 0 Å². The molecule has 40 heavy (non-hydrogen) atoms. The fraction of sp³-hybridized carbons (Fsp3) is 0.379. The van der Waals surface area contributed by atoms with Gasteiger partial charge in [-0.15, -0.1) is 0 Å². The smallest absolute Gasteiger partial charge is 0.412 e. The molecular weight excluding hydrogens is 524 g/mol. The number of hydrogen-bond acceptors (Lipinski definition) is 6. The van der Waals surface area contributed by atoms with Gasteiger partial charge in [0.05, 0.1) is 0 Å². The highest BCUT2D eigenvalue weighted by Gasteiger charge is 2.61. The van der Waals surface area contributed by atoms with Crippen molar-refractivity contribution in [3.05, 3.63) is 81.9 Å². The average Bonchev–Trinajstić information content (AvgIpc) is 3.53. The minimum atomic E-state index is -2.91. The summed E-state index contributed by atoms with van der Waals surface area (Å²) in [6.45, 7) is 10.7. The topological polar surface area (TPSA) is 148 Å². The minimum Gasteiger partial charge on any atom is -0.481 e. The molecule has 9 nitrogen and oxygen atoms in total. The number of benzene rings is 1. The molecule has 1 fully saturated rings. The van der Waals surface area contributed by atoms with Crippen LogP contribution in [0.25, 0.3) is 0 Å². The molecular formula is C29H37F2N3O6. The highest BCUT2D eigenvalue weighted by Crippen LogP contribution is 2.48. The lowest BCUT2D eigenvalue weighted by Crippen LogP contribution is -2.31. The lowest BCUT2D eigenvalue weighted by atomic mass is 10.0. The van der Waals surface area contributed by atoms with Gasteiger partial charge in [0, 0.05) is 17.8 Å². The fourth-order valence-corrected chi connectivity index (χ4v) is 3.47. The summed E-state index contributed by atoms with van der Waals surface area (Å²) in [6, 6.07) is 7.58. The summed E-state index contributed by atoms with van der Waals surface area (Å²) in [5, 5.41) is 13.0. The zero-order valence-electron chi connectivity index (χ0n) is 23.5. The lowest BCUT2D eigenvalue weighted by Gasteiger charge is -2.17. The molecule has 0 bridgehead atoms. The number of nitrogens with two attached hydrogens (primary N) is 1. The Balaban J connectivity index is 0.000000850. The third kappa shape index (κ3) is 10.5. The molecule has 1 aromatic rings. The molecule has 0 radical (unpaired) electrons. The number of hydrogen-bond donors (Lipinski definition) is 4. The molecule has 2 atom stereocenters. The van der Waals surface area contributed by atoms with Crippen molar-refractivity contribution < 1.29 is 37.8 Å². The van der Waals surface area contributed by atoms with Crippen LogP contribution in [0.15, 0.2) is 70.7 Å². The maximum atomic E-state index is 12.9. The number of rotatable bonds is 11. The molecule has 0 heterocycles. The van der Waals surface area contributed by atoms with Crippen molar-refractivity contribution in [1.29, 1.82) is 0 Å². The first-order valence-corrected chi connectivity index (χ1v) is 12.6. The van der Waals surface area contributed by atoms with Gasteiger partial charge < -0.3 is 20.9 Å². The highest BCUT2D eigenvalue weighted by molar-refractivity contribution is 6.09. The van der Waals surface area contributed by atoms with Crippen LogP contribution < -0.4 is 16.4 Å². The molecule has 0 aliphatic heterocycles. The van der Waals surface area contributed by atoms with E-state index in [1.165, 1.54) is 6.92 Å². The van der Waals surface area contributed by atoms with Crippen LogP contribution in [0.3, 0.4) is 0 Å². The number of alkyl halides is 2. The summed E-state index contributed by atoms with van der Waals surface area (Å²) in [6.07, 6.45) is 4.76. The van der Waals surface area contributed by atoms with E-state index in [0.29, 0.717) is 17.7 Å². The van der Waals surface area contributed by atoms with E-state index in [0.717, 1.165) is 23.1 Å². The summed E-state index contributed by atoms with van der Waals surface area (Å²) in [4.78, 5) is 45.9. The molecule has 0 spiro atoms. The molecule has 1 aromatic carbocycles. The van der Waals surface area contributed by atoms with Gasteiger partial charge in [0.25, 0.3) is 5.92 Å². The number of carbonyl (C=O) groups excluding carboxylic acids is 3. The molecule has 1 aliphatic rings. The molecule has 11 heteroatoms. The number of allylic oxidation sites excluding steroid dienone is 6. The Kier molecular flexibility index (Phi) is 12.9. The van der Waals surface area contributed by atoms with Gasteiger partial charge in [-0.2, -0.15) is 0 Å². The number of ether oxygens (including phenoxy) is 1. The maximum Gasteiger partial charge on any atom is 0.412 e. The zero-order valence-corrected chi connectivity index (χ0v) is 23.5. The third-order valence-corrected chi connectivity index (χ3v) is 5.89. The predicted octanol–water partition coefficient (Wildman–Crippen LogP) is 5.20. The van der Waals surface area contributed by atoms with E-state index >= 15 is 0 Å². The summed E-state index contributed by atoms with van der Waals surface area (Å²) in [5.74, 6) is -6.16. The number of alkyl carbamates (subject to hydrolysis) is 1. The molecule has 2 amide bonds. The van der Waals surface area contributed by atoms with Crippen LogP contribution in [0.5, 0.6) is 0 Å². The van der Waals surface area contributed by atoms with Crippen LogP contribution in [0.2, 0.25) is 0 Å². The van der Waals surface area contributed by atoms with E-state index in [9.17, 15) is 28.0 Å². The van der Waals surface area contributed by atoms with Gasteiger partial charge in [0.15, 0.2) is 0 Å². The second kappa shape index (κ2) is 15.3. The van der Waals surface area contributed by atoms with Gasteiger partial charge in [-0.3, -0.25) is 19.7 Å². The van der Waals surface area contributed by atoms with E-state index in [2.05, 4.69) is 10.6 Å². The standard InChI is InChI=1S/C25H33N3O4.C4H4F2O2/c1-7-10-17(3)22(27-15-29)14-13-18(4)24(30)23(19(5)26)28-25(31)32-20(6)21-12-9-8-11-16(21)2;5-4(6)1-2(4)3(7)8/h8-15,20H,7,26H2,1-6H3,(H,27,29)(H,28,31);2H,1H2,(H,7,8)/b17-10+,18-13+,22-14+,23-19+;. The fourth-order valence-electron chi connectivity index (χ4n) is 3.47. The van der Waals surface area contributed by atoms with Crippen molar-refractivity contribution in [2.75, 3.05) is 0 Å². The van der Waals surface area contributed by atoms with E-state index in [1.54, 1.807) is 26.0 Å². The average molecular weight is 562 g/mol. The number of halogens is 2. The van der Waals surface area contributed by atoms with Crippen LogP contribution in [0.4, 0.5) is 13.6 Å². The monoisotopic (exact) mass is 561 g/mol. The molecule has 0 saturated heterocycles. The number of aliphatic carboxylic acids is 1. The summed E-state index contributed by atoms with van der Waals surface area (Å²) in [7, 11) is 0. The van der Waals surface area contributed by atoms with Crippen molar-refractivity contribution in [3.63, 3.8) is 0 Å². The Bertz CT molecular complexity index is 1230. The second-order valence-corrected chi connectivity index (χ2v) is 9.26. The number of aryl methyl sites for hydroxylation is 1. The van der Waals surface area contributed by atoms with Gasteiger partial charge in [0.2, 0.25) is 12.2 Å². The number of carboxylic acids is 1. The zero-order chi connectivity index (χ0) is 30.6. The van der Waals surface area contributed by atoms with Crippen molar-refractivity contribution >= 4 is 24.3 Å². The summed E-state index contributed by atoms with van der Waals surface area (Å²) >= 11 is 0. The minimum absolute atomic E-state index is 0.0557. The number of ketones is 1. The first kappa shape index (κ1) is 33.7. The SMILES string of the molecule is CC/C=C(C)/C(=C\C=C(/C)C(=O)/C(NC(=O)OC(C)c1ccccc1C)=C(/C)N)NC=O.O=C(O)C1CC1(F)F. The number of carboxylic acid groups (broad SMARTS) is 1. The van der Waals surface area contributed by atoms with Crippen LogP contribution in [-0.2, 0) is 19.1 Å². The molecule has 1 saturated carbocycles. The highest BCUT2D eigenvalue weighted by atomic mass is 19.3. The van der Waals surface area contributed by atoms with Crippen LogP contribution in [0.1, 0.15) is 64.7 Å². The number of amides is 2. The number of carbonyl (C=O) groups is 4. The Morgan fingerprint density at radius 2 is 1.77 bits per heavy atom. The molecule has 5 N–H and O–H groups in total. The van der Waals surface area contributed by atoms with E-state index in [1.807, 2.05) is 51.1 Å². The quantitative estimate of drug-likeness (QED) is 0.165. The van der Waals surface area contributed by atoms with Gasteiger partial charge in [-0.05, 0) is 69.4 Å². The second-order valence-electron chi connectivity index (χ2n) is 9.26. The molecule has 1 aliphatic carbocycles. The summed E-state index contributed by atoms with van der Waals surface area (Å²) < 4.78 is 28.8. The maximum absolute atomic E-state index is 12.9. The van der Waals surface area contributed by atoms with Gasteiger partial charge in [-0.25, -0.2) is 13.6 Å². The Hall–Kier alpha value is -4.28. The molecule has 0 aromatic heterocycles. The molecule has 2 rings (SSSR count). The van der Waals surface area contributed by atoms with Crippen molar-refractivity contribution in [2.24, 2.45) is 11.7 Å². The van der Waals surface area contributed by atoms with Crippen LogP contribution in [-0.4, -0.2) is 35.3 Å². The van der Waals surface area contributed by atoms with E-state index in [4.69, 9.17) is 15.6 Å². The largest absolute Gasteiger partial charge is 0.481 e. The Morgan fingerprint density at radius 1 is 1.18 bits per heavy atom. The number of nitrogens with one attached hydrogen (secondary N) is 2. The normalized spacial score (nSPS) is 17.8. The van der Waals surface area contributed by atoms with E-state index in [-0.39, 0.29) is 11.4 Å². The Morgan fingerprint density at radius 3 is 2.23 bits per heavy atom. The van der Waals surface area contributed by atoms with Crippen molar-refractivity contribution in [3.8, 4) is 0 Å². The van der Waals surface area contributed by atoms with Gasteiger partial charge in [0.1, 0.15) is 17.7 Å². The molecule has 218 valence electrons. The van der Waals surface area contributed by atoms with Crippen molar-refractivity contribution in [1.82, 2.24) is 10.6 Å².